The van der Waals surface area contributed by atoms with Gasteiger partial charge in [-0.25, -0.2) is 11.1 Å². The Morgan fingerprint density at radius 2 is 1.06 bits per heavy atom. The third-order valence-electron chi connectivity index (χ3n) is 1.71. The minimum atomic E-state index is 0. The van der Waals surface area contributed by atoms with E-state index in [2.05, 4.69) is 25.7 Å². The van der Waals surface area contributed by atoms with E-state index in [4.69, 9.17) is 9.59 Å². The Kier molecular flexibility index (Phi) is 13.2. The Balaban J connectivity index is 0. The average molecular weight is 403 g/mol. The predicted octanol–water partition coefficient (Wildman–Crippen LogP) is 2.16. The van der Waals surface area contributed by atoms with Crippen LogP contribution in [0.1, 0.15) is 0 Å². The molecule has 0 bridgehead atoms. The number of hydrogen-bond donors (Lipinski definition) is 0. The van der Waals surface area contributed by atoms with Crippen LogP contribution in [0.15, 0.2) is 48.5 Å². The molecule has 0 atom stereocenters. The van der Waals surface area contributed by atoms with Crippen molar-refractivity contribution in [2.24, 2.45) is 0 Å². The third kappa shape index (κ3) is 6.59. The fraction of sp³-hybridized carbons (Fsp3) is 0. The summed E-state index contributed by atoms with van der Waals surface area (Å²) in [7, 11) is 0. The first-order valence-electron chi connectivity index (χ1n) is 4.31. The molecule has 0 saturated carbocycles. The molecule has 0 aromatic heterocycles. The first-order chi connectivity index (χ1) is 7.97. The van der Waals surface area contributed by atoms with E-state index < -0.39 is 0 Å². The SMILES string of the molecule is [C-]=O.[C-]=O.[Pt+4].[c-]1ccccc1-c1[c-]cccc1. The summed E-state index contributed by atoms with van der Waals surface area (Å²) in [6, 6.07) is 22.1. The van der Waals surface area contributed by atoms with E-state index in [0.29, 0.717) is 0 Å². The maximum atomic E-state index is 7.50. The molecule has 0 N–H and O–H groups in total. The molecule has 0 aliphatic rings. The van der Waals surface area contributed by atoms with Gasteiger partial charge in [0.25, 0.3) is 0 Å². The summed E-state index contributed by atoms with van der Waals surface area (Å²) in [6.45, 7) is 9.00. The van der Waals surface area contributed by atoms with Gasteiger partial charge in [0, 0.05) is 0 Å². The number of hydrogen-bond acceptors (Lipinski definition) is 2. The van der Waals surface area contributed by atoms with Crippen LogP contribution >= 0.6 is 0 Å². The molecule has 2 radical (unpaired) electrons. The van der Waals surface area contributed by atoms with Gasteiger partial charge >= 0.3 is 21.1 Å². The molecular formula is C14H8O2Pt. The van der Waals surface area contributed by atoms with Gasteiger partial charge in [-0.3, -0.25) is 0 Å². The molecule has 17 heavy (non-hydrogen) atoms. The van der Waals surface area contributed by atoms with Crippen molar-refractivity contribution in [2.75, 3.05) is 0 Å². The van der Waals surface area contributed by atoms with E-state index in [1.165, 1.54) is 0 Å². The molecule has 3 heteroatoms. The molecule has 0 aliphatic heterocycles. The Hall–Kier alpha value is -1.53. The van der Waals surface area contributed by atoms with E-state index >= 15 is 0 Å². The normalized spacial score (nSPS) is 7.29. The molecule has 0 fully saturated rings. The van der Waals surface area contributed by atoms with Crippen molar-refractivity contribution < 1.29 is 30.7 Å². The van der Waals surface area contributed by atoms with Gasteiger partial charge in [-0.1, -0.05) is 0 Å². The summed E-state index contributed by atoms with van der Waals surface area (Å²) in [5.41, 5.74) is 2.19. The zero-order valence-corrected chi connectivity index (χ0v) is 11.0. The van der Waals surface area contributed by atoms with Gasteiger partial charge in [0.05, 0.1) is 0 Å². The Bertz CT molecular complexity index is 336. The minimum Gasteiger partial charge on any atom is -0.573 e. The molecule has 0 heterocycles. The van der Waals surface area contributed by atoms with Gasteiger partial charge in [-0.05, 0) is 0 Å². The molecule has 2 rings (SSSR count). The topological polar surface area (TPSA) is 34.1 Å². The first-order valence-corrected chi connectivity index (χ1v) is 4.31. The van der Waals surface area contributed by atoms with Crippen LogP contribution in [0, 0.1) is 12.1 Å². The smallest absolute Gasteiger partial charge is 0.573 e. The zero-order valence-electron chi connectivity index (χ0n) is 8.75. The second kappa shape index (κ2) is 12.5. The van der Waals surface area contributed by atoms with Gasteiger partial charge < -0.3 is 23.2 Å². The summed E-state index contributed by atoms with van der Waals surface area (Å²) < 4.78 is 0. The molecule has 86 valence electrons. The summed E-state index contributed by atoms with van der Waals surface area (Å²) >= 11 is 0. The second-order valence-electron chi connectivity index (χ2n) is 2.55. The summed E-state index contributed by atoms with van der Waals surface area (Å²) in [4.78, 5) is 15.0. The summed E-state index contributed by atoms with van der Waals surface area (Å²) in [5, 5.41) is 0. The molecule has 2 nitrogen and oxygen atoms in total. The number of benzene rings is 2. The van der Waals surface area contributed by atoms with Crippen LogP contribution < -0.4 is 0 Å². The summed E-state index contributed by atoms with van der Waals surface area (Å²) in [6.07, 6.45) is 0. The molecular weight excluding hydrogens is 395 g/mol. The quantitative estimate of drug-likeness (QED) is 0.684. The van der Waals surface area contributed by atoms with Gasteiger partial charge in [0.15, 0.2) is 0 Å². The van der Waals surface area contributed by atoms with E-state index in [9.17, 15) is 0 Å². The molecule has 0 amide bonds. The number of rotatable bonds is 1. The van der Waals surface area contributed by atoms with Gasteiger partial charge in [0.2, 0.25) is 0 Å². The van der Waals surface area contributed by atoms with E-state index in [0.717, 1.165) is 11.1 Å². The standard InChI is InChI=1S/C12H8.2CO.Pt/c1-3-7-11(8-4-1)12-9-5-2-6-10-12;2*1-2;/h1-7,9H;;;/q-2;2*-1;+4. The van der Waals surface area contributed by atoms with Gasteiger partial charge in [-0.2, -0.15) is 48.5 Å². The monoisotopic (exact) mass is 403 g/mol. The fourth-order valence-electron chi connectivity index (χ4n) is 1.12. The Morgan fingerprint density at radius 3 is 1.29 bits per heavy atom. The minimum absolute atomic E-state index is 0. The largest absolute Gasteiger partial charge is 4.00 e. The number of carbonyl (C=O) groups excluding carboxylic acids is 2. The second-order valence-corrected chi connectivity index (χ2v) is 2.55. The van der Waals surface area contributed by atoms with Gasteiger partial charge in [0.1, 0.15) is 0 Å². The van der Waals surface area contributed by atoms with Crippen LogP contribution in [-0.2, 0) is 30.7 Å². The Labute approximate surface area is 116 Å². The molecule has 0 spiro atoms. The van der Waals surface area contributed by atoms with Crippen LogP contribution in [0.25, 0.3) is 11.1 Å². The third-order valence-corrected chi connectivity index (χ3v) is 1.71. The summed E-state index contributed by atoms with van der Waals surface area (Å²) in [5.74, 6) is 0. The Morgan fingerprint density at radius 1 is 0.706 bits per heavy atom. The van der Waals surface area contributed by atoms with Crippen molar-refractivity contribution in [3.05, 3.63) is 60.7 Å². The van der Waals surface area contributed by atoms with Crippen LogP contribution in [0.5, 0.6) is 0 Å². The maximum absolute atomic E-state index is 7.50. The maximum Gasteiger partial charge on any atom is 4.00 e. The molecule has 0 aliphatic carbocycles. The molecule has 0 saturated heterocycles. The van der Waals surface area contributed by atoms with Crippen LogP contribution in [0.2, 0.25) is 0 Å². The average Bonchev–Trinajstić information content (AvgIpc) is 2.45. The van der Waals surface area contributed by atoms with Crippen LogP contribution in [-0.4, -0.2) is 13.6 Å². The molecule has 0 unspecified atom stereocenters. The first kappa shape index (κ1) is 17.9. The van der Waals surface area contributed by atoms with Crippen molar-refractivity contribution in [3.8, 4) is 11.1 Å². The van der Waals surface area contributed by atoms with Crippen molar-refractivity contribution in [1.82, 2.24) is 0 Å². The van der Waals surface area contributed by atoms with Crippen LogP contribution in [0.4, 0.5) is 0 Å². The molecule has 2 aromatic carbocycles. The van der Waals surface area contributed by atoms with Crippen molar-refractivity contribution in [1.29, 1.82) is 0 Å². The fourth-order valence-corrected chi connectivity index (χ4v) is 1.12. The van der Waals surface area contributed by atoms with E-state index in [1.807, 2.05) is 48.5 Å². The predicted molar refractivity (Wildman–Crippen MR) is 60.9 cm³/mol. The zero-order chi connectivity index (χ0) is 12.2. The van der Waals surface area contributed by atoms with Crippen molar-refractivity contribution in [2.45, 2.75) is 0 Å². The van der Waals surface area contributed by atoms with Crippen LogP contribution in [0.3, 0.4) is 0 Å². The van der Waals surface area contributed by atoms with Gasteiger partial charge in [-0.15, -0.1) is 12.1 Å². The van der Waals surface area contributed by atoms with E-state index in [1.54, 1.807) is 0 Å². The van der Waals surface area contributed by atoms with Crippen molar-refractivity contribution >= 4 is 13.6 Å². The molecule has 2 aromatic rings. The van der Waals surface area contributed by atoms with E-state index in [-0.39, 0.29) is 21.1 Å². The van der Waals surface area contributed by atoms with Crippen molar-refractivity contribution in [3.63, 3.8) is 0 Å².